The normalized spacial score (nSPS) is 12.7. The largest absolute Gasteiger partial charge is 0.353 e. The van der Waals surface area contributed by atoms with Crippen LogP contribution in [0.5, 0.6) is 0 Å². The molecule has 2 amide bonds. The zero-order valence-electron chi connectivity index (χ0n) is 19.4. The summed E-state index contributed by atoms with van der Waals surface area (Å²) in [6.45, 7) is 14.5. The highest BCUT2D eigenvalue weighted by Crippen LogP contribution is 2.26. The van der Waals surface area contributed by atoms with Gasteiger partial charge in [-0.1, -0.05) is 46.8 Å². The van der Waals surface area contributed by atoms with Crippen molar-refractivity contribution in [2.45, 2.75) is 79.2 Å². The molecule has 1 unspecified atom stereocenters. The molecule has 0 spiro atoms. The third-order valence-electron chi connectivity index (χ3n) is 5.19. The number of aryl methyl sites for hydroxylation is 1. The predicted molar refractivity (Wildman–Crippen MR) is 122 cm³/mol. The van der Waals surface area contributed by atoms with Crippen LogP contribution in [0.15, 0.2) is 30.3 Å². The fourth-order valence-corrected chi connectivity index (χ4v) is 2.90. The molecule has 0 fully saturated rings. The first kappa shape index (κ1) is 23.6. The number of aromatic nitrogens is 2. The van der Waals surface area contributed by atoms with E-state index in [9.17, 15) is 9.59 Å². The van der Waals surface area contributed by atoms with Crippen molar-refractivity contribution < 1.29 is 9.59 Å². The fraction of sp³-hybridized carbons (Fsp3) is 0.542. The zero-order chi connectivity index (χ0) is 22.5. The van der Waals surface area contributed by atoms with Crippen molar-refractivity contribution in [1.29, 1.82) is 0 Å². The van der Waals surface area contributed by atoms with E-state index in [1.807, 2.05) is 44.2 Å². The lowest BCUT2D eigenvalue weighted by Crippen LogP contribution is -2.36. The van der Waals surface area contributed by atoms with E-state index in [0.29, 0.717) is 24.6 Å². The Labute approximate surface area is 180 Å². The Balaban J connectivity index is 2.05. The van der Waals surface area contributed by atoms with Crippen LogP contribution in [0.3, 0.4) is 0 Å². The van der Waals surface area contributed by atoms with E-state index in [4.69, 9.17) is 5.10 Å². The summed E-state index contributed by atoms with van der Waals surface area (Å²) in [5, 5.41) is 10.7. The van der Waals surface area contributed by atoms with Gasteiger partial charge >= 0.3 is 0 Å². The van der Waals surface area contributed by atoms with Crippen LogP contribution in [0.2, 0.25) is 0 Å². The Morgan fingerprint density at radius 3 is 2.33 bits per heavy atom. The second-order valence-corrected chi connectivity index (χ2v) is 9.42. The molecule has 2 rings (SSSR count). The molecular formula is C24H36N4O2. The van der Waals surface area contributed by atoms with Gasteiger partial charge in [0.05, 0.1) is 11.4 Å². The highest BCUT2D eigenvalue weighted by atomic mass is 16.2. The standard InChI is InChI=1S/C24H36N4O2/c1-16(2)18(4)25-22(29)12-9-13-23(30)26-21-15-20(24(5,6)7)27-28(21)19-11-8-10-17(3)14-19/h8,10-11,14-16,18H,9,12-13H2,1-7H3,(H,25,29)(H,26,30). The summed E-state index contributed by atoms with van der Waals surface area (Å²) < 4.78 is 1.78. The number of benzene rings is 1. The summed E-state index contributed by atoms with van der Waals surface area (Å²) in [7, 11) is 0. The molecule has 6 nitrogen and oxygen atoms in total. The monoisotopic (exact) mass is 412 g/mol. The van der Waals surface area contributed by atoms with Gasteiger partial charge < -0.3 is 10.6 Å². The molecule has 1 heterocycles. The van der Waals surface area contributed by atoms with Gasteiger partial charge in [-0.3, -0.25) is 9.59 Å². The zero-order valence-corrected chi connectivity index (χ0v) is 19.4. The smallest absolute Gasteiger partial charge is 0.225 e. The Hall–Kier alpha value is -2.63. The highest BCUT2D eigenvalue weighted by molar-refractivity contribution is 5.90. The average Bonchev–Trinajstić information content (AvgIpc) is 3.05. The number of anilines is 1. The Kier molecular flexibility index (Phi) is 7.82. The summed E-state index contributed by atoms with van der Waals surface area (Å²) in [6.07, 6.45) is 1.13. The first-order chi connectivity index (χ1) is 14.0. The summed E-state index contributed by atoms with van der Waals surface area (Å²) in [5.74, 6) is 0.905. The summed E-state index contributed by atoms with van der Waals surface area (Å²) >= 11 is 0. The number of carbonyl (C=O) groups is 2. The molecule has 164 valence electrons. The third-order valence-corrected chi connectivity index (χ3v) is 5.19. The number of nitrogens with zero attached hydrogens (tertiary/aromatic N) is 2. The lowest BCUT2D eigenvalue weighted by molar-refractivity contribution is -0.122. The van der Waals surface area contributed by atoms with Gasteiger partial charge in [-0.2, -0.15) is 5.10 Å². The second kappa shape index (κ2) is 9.92. The molecule has 0 saturated heterocycles. The number of nitrogens with one attached hydrogen (secondary N) is 2. The highest BCUT2D eigenvalue weighted by Gasteiger charge is 2.21. The van der Waals surface area contributed by atoms with Crippen LogP contribution in [-0.2, 0) is 15.0 Å². The van der Waals surface area contributed by atoms with Crippen LogP contribution in [0, 0.1) is 12.8 Å². The van der Waals surface area contributed by atoms with Gasteiger partial charge in [0.15, 0.2) is 0 Å². The van der Waals surface area contributed by atoms with Crippen LogP contribution in [0.1, 0.15) is 72.1 Å². The number of carbonyl (C=O) groups excluding carboxylic acids is 2. The van der Waals surface area contributed by atoms with E-state index in [0.717, 1.165) is 16.9 Å². The van der Waals surface area contributed by atoms with Gasteiger partial charge in [-0.15, -0.1) is 0 Å². The maximum atomic E-state index is 12.5. The van der Waals surface area contributed by atoms with E-state index in [-0.39, 0.29) is 29.7 Å². The van der Waals surface area contributed by atoms with Crippen LogP contribution in [0.4, 0.5) is 5.82 Å². The Morgan fingerprint density at radius 1 is 1.07 bits per heavy atom. The Bertz CT molecular complexity index is 878. The molecule has 0 saturated carbocycles. The summed E-state index contributed by atoms with van der Waals surface area (Å²) in [4.78, 5) is 24.6. The molecule has 0 bridgehead atoms. The minimum absolute atomic E-state index is 0.0104. The van der Waals surface area contributed by atoms with Crippen molar-refractivity contribution >= 4 is 17.6 Å². The third kappa shape index (κ3) is 6.71. The van der Waals surface area contributed by atoms with Gasteiger partial charge in [-0.25, -0.2) is 4.68 Å². The number of amides is 2. The first-order valence-electron chi connectivity index (χ1n) is 10.7. The van der Waals surface area contributed by atoms with E-state index < -0.39 is 0 Å². The maximum absolute atomic E-state index is 12.5. The molecule has 1 atom stereocenters. The van der Waals surface area contributed by atoms with Crippen molar-refractivity contribution in [3.8, 4) is 5.69 Å². The number of rotatable bonds is 8. The number of hydrogen-bond donors (Lipinski definition) is 2. The van der Waals surface area contributed by atoms with Gasteiger partial charge in [0, 0.05) is 30.4 Å². The minimum Gasteiger partial charge on any atom is -0.353 e. The molecule has 1 aromatic carbocycles. The molecule has 0 aliphatic heterocycles. The van der Waals surface area contributed by atoms with Crippen LogP contribution in [-0.4, -0.2) is 27.6 Å². The minimum atomic E-state index is -0.139. The van der Waals surface area contributed by atoms with Gasteiger partial charge in [0.2, 0.25) is 11.8 Å². The fourth-order valence-electron chi connectivity index (χ4n) is 2.90. The van der Waals surface area contributed by atoms with Crippen molar-refractivity contribution in [3.05, 3.63) is 41.6 Å². The van der Waals surface area contributed by atoms with E-state index in [1.165, 1.54) is 0 Å². The molecule has 0 radical (unpaired) electrons. The summed E-state index contributed by atoms with van der Waals surface area (Å²) in [5.41, 5.74) is 2.79. The molecule has 0 aliphatic carbocycles. The average molecular weight is 413 g/mol. The van der Waals surface area contributed by atoms with Crippen molar-refractivity contribution in [2.24, 2.45) is 5.92 Å². The summed E-state index contributed by atoms with van der Waals surface area (Å²) in [6, 6.07) is 10.1. The second-order valence-electron chi connectivity index (χ2n) is 9.42. The van der Waals surface area contributed by atoms with Gasteiger partial charge in [0.1, 0.15) is 5.82 Å². The quantitative estimate of drug-likeness (QED) is 0.657. The van der Waals surface area contributed by atoms with Crippen molar-refractivity contribution in [1.82, 2.24) is 15.1 Å². The molecule has 1 aromatic heterocycles. The lowest BCUT2D eigenvalue weighted by atomic mass is 9.92. The molecule has 2 aromatic rings. The van der Waals surface area contributed by atoms with Gasteiger partial charge in [-0.05, 0) is 43.9 Å². The van der Waals surface area contributed by atoms with Crippen molar-refractivity contribution in [2.75, 3.05) is 5.32 Å². The van der Waals surface area contributed by atoms with E-state index >= 15 is 0 Å². The van der Waals surface area contributed by atoms with Crippen molar-refractivity contribution in [3.63, 3.8) is 0 Å². The number of hydrogen-bond acceptors (Lipinski definition) is 3. The topological polar surface area (TPSA) is 76.0 Å². The van der Waals surface area contributed by atoms with Crippen LogP contribution < -0.4 is 10.6 Å². The molecule has 2 N–H and O–H groups in total. The van der Waals surface area contributed by atoms with E-state index in [2.05, 4.69) is 45.3 Å². The Morgan fingerprint density at radius 2 is 1.73 bits per heavy atom. The van der Waals surface area contributed by atoms with Gasteiger partial charge in [0.25, 0.3) is 0 Å². The maximum Gasteiger partial charge on any atom is 0.225 e. The molecule has 6 heteroatoms. The van der Waals surface area contributed by atoms with Crippen LogP contribution >= 0.6 is 0 Å². The SMILES string of the molecule is Cc1cccc(-n2nc(C(C)(C)C)cc2NC(=O)CCCC(=O)NC(C)C(C)C)c1. The van der Waals surface area contributed by atoms with Crippen LogP contribution in [0.25, 0.3) is 5.69 Å². The molecule has 0 aliphatic rings. The van der Waals surface area contributed by atoms with E-state index in [1.54, 1.807) is 4.68 Å². The molecular weight excluding hydrogens is 376 g/mol. The molecule has 30 heavy (non-hydrogen) atoms. The lowest BCUT2D eigenvalue weighted by Gasteiger charge is -2.17. The first-order valence-corrected chi connectivity index (χ1v) is 10.7. The predicted octanol–water partition coefficient (Wildman–Crippen LogP) is 4.75.